The third-order valence-electron chi connectivity index (χ3n) is 3.08. The molecule has 2 N–H and O–H groups in total. The van der Waals surface area contributed by atoms with Crippen LogP contribution in [0, 0.1) is 0 Å². The zero-order chi connectivity index (χ0) is 14.1. The first kappa shape index (κ1) is 12.9. The molecule has 102 valence electrons. The summed E-state index contributed by atoms with van der Waals surface area (Å²) in [7, 11) is 1.65. The maximum atomic E-state index is 5.98. The molecule has 6 heteroatoms. The highest BCUT2D eigenvalue weighted by Gasteiger charge is 2.10. The van der Waals surface area contributed by atoms with E-state index < -0.39 is 0 Å². The fraction of sp³-hybridized carbons (Fsp3) is 0.143. The molecule has 0 spiro atoms. The van der Waals surface area contributed by atoms with Gasteiger partial charge in [-0.15, -0.1) is 0 Å². The Balaban J connectivity index is 1.99. The molecule has 20 heavy (non-hydrogen) atoms. The van der Waals surface area contributed by atoms with Crippen LogP contribution in [0.1, 0.15) is 5.56 Å². The summed E-state index contributed by atoms with van der Waals surface area (Å²) >= 11 is 3.38. The van der Waals surface area contributed by atoms with Gasteiger partial charge in [0.25, 0.3) is 0 Å². The van der Waals surface area contributed by atoms with Gasteiger partial charge in [-0.05, 0) is 39.7 Å². The van der Waals surface area contributed by atoms with Crippen LogP contribution in [0.15, 0.2) is 41.0 Å². The minimum Gasteiger partial charge on any atom is -0.497 e. The van der Waals surface area contributed by atoms with Gasteiger partial charge in [-0.25, -0.2) is 9.97 Å². The lowest BCUT2D eigenvalue weighted by Crippen LogP contribution is -2.05. The Kier molecular flexibility index (Phi) is 3.31. The van der Waals surface area contributed by atoms with Gasteiger partial charge in [-0.2, -0.15) is 0 Å². The molecule has 0 aliphatic rings. The van der Waals surface area contributed by atoms with Crippen molar-refractivity contribution in [2.24, 2.45) is 0 Å². The van der Waals surface area contributed by atoms with Crippen LogP contribution in [-0.4, -0.2) is 21.6 Å². The van der Waals surface area contributed by atoms with Crippen LogP contribution >= 0.6 is 15.9 Å². The monoisotopic (exact) mass is 332 g/mol. The largest absolute Gasteiger partial charge is 0.497 e. The topological polar surface area (TPSA) is 66.0 Å². The Labute approximate surface area is 124 Å². The number of nitrogens with two attached hydrogens (primary N) is 1. The second-order valence-electron chi connectivity index (χ2n) is 4.40. The second-order valence-corrected chi connectivity index (χ2v) is 5.32. The Bertz CT molecular complexity index is 752. The van der Waals surface area contributed by atoms with Gasteiger partial charge in [-0.3, -0.25) is 4.57 Å². The van der Waals surface area contributed by atoms with Crippen LogP contribution in [0.3, 0.4) is 0 Å². The summed E-state index contributed by atoms with van der Waals surface area (Å²) in [6, 6.07) is 9.76. The first-order valence-corrected chi connectivity index (χ1v) is 6.87. The van der Waals surface area contributed by atoms with E-state index in [9.17, 15) is 0 Å². The number of hydrogen-bond acceptors (Lipinski definition) is 4. The number of rotatable bonds is 3. The molecule has 0 saturated carbocycles. The van der Waals surface area contributed by atoms with E-state index in [4.69, 9.17) is 10.5 Å². The number of nitrogen functional groups attached to an aromatic ring is 1. The van der Waals surface area contributed by atoms with E-state index >= 15 is 0 Å². The summed E-state index contributed by atoms with van der Waals surface area (Å²) in [4.78, 5) is 8.71. The van der Waals surface area contributed by atoms with Gasteiger partial charge in [0.2, 0.25) is 5.95 Å². The normalized spacial score (nSPS) is 10.9. The zero-order valence-electron chi connectivity index (χ0n) is 10.9. The number of aromatic nitrogens is 3. The molecular weight excluding hydrogens is 320 g/mol. The van der Waals surface area contributed by atoms with Crippen molar-refractivity contribution < 1.29 is 4.74 Å². The van der Waals surface area contributed by atoms with Gasteiger partial charge in [-0.1, -0.05) is 12.1 Å². The molecule has 0 amide bonds. The highest BCUT2D eigenvalue weighted by molar-refractivity contribution is 9.10. The molecule has 3 aromatic rings. The van der Waals surface area contributed by atoms with Crippen LogP contribution in [0.2, 0.25) is 0 Å². The number of imidazole rings is 1. The molecule has 1 aromatic carbocycles. The highest BCUT2D eigenvalue weighted by atomic mass is 79.9. The van der Waals surface area contributed by atoms with Gasteiger partial charge in [0, 0.05) is 10.7 Å². The highest BCUT2D eigenvalue weighted by Crippen LogP contribution is 2.21. The molecule has 0 unspecified atom stereocenters. The number of fused-ring (bicyclic) bond motifs is 1. The average Bonchev–Trinajstić information content (AvgIpc) is 2.75. The van der Waals surface area contributed by atoms with E-state index in [2.05, 4.69) is 25.9 Å². The molecule has 2 aromatic heterocycles. The number of nitrogens with zero attached hydrogens (tertiary/aromatic N) is 3. The van der Waals surface area contributed by atoms with E-state index in [-0.39, 0.29) is 0 Å². The van der Waals surface area contributed by atoms with Crippen molar-refractivity contribution >= 4 is 33.0 Å². The summed E-state index contributed by atoms with van der Waals surface area (Å²) in [6.45, 7) is 0.626. The van der Waals surface area contributed by atoms with Crippen molar-refractivity contribution in [3.8, 4) is 5.75 Å². The fourth-order valence-electron chi connectivity index (χ4n) is 2.07. The second kappa shape index (κ2) is 5.13. The number of benzene rings is 1. The minimum atomic E-state index is 0.460. The predicted octanol–water partition coefficient (Wildman–Crippen LogP) is 2.83. The van der Waals surface area contributed by atoms with Gasteiger partial charge < -0.3 is 10.5 Å². The molecular formula is C14H13BrN4O. The van der Waals surface area contributed by atoms with Crippen molar-refractivity contribution in [2.75, 3.05) is 12.8 Å². The van der Waals surface area contributed by atoms with Crippen LogP contribution in [0.5, 0.6) is 5.75 Å². The van der Waals surface area contributed by atoms with Crippen LogP contribution in [-0.2, 0) is 6.54 Å². The van der Waals surface area contributed by atoms with Gasteiger partial charge in [0.1, 0.15) is 11.3 Å². The van der Waals surface area contributed by atoms with Gasteiger partial charge in [0.05, 0.1) is 13.7 Å². The first-order valence-electron chi connectivity index (χ1n) is 6.07. The maximum Gasteiger partial charge on any atom is 0.202 e. The summed E-state index contributed by atoms with van der Waals surface area (Å²) in [5.41, 5.74) is 8.65. The van der Waals surface area contributed by atoms with E-state index in [0.29, 0.717) is 12.5 Å². The predicted molar refractivity (Wildman–Crippen MR) is 81.7 cm³/mol. The number of pyridine rings is 1. The lowest BCUT2D eigenvalue weighted by molar-refractivity contribution is 0.414. The number of ether oxygens (including phenoxy) is 1. The van der Waals surface area contributed by atoms with Crippen LogP contribution < -0.4 is 10.5 Å². The Morgan fingerprint density at radius 1 is 1.30 bits per heavy atom. The maximum absolute atomic E-state index is 5.98. The smallest absolute Gasteiger partial charge is 0.202 e. The zero-order valence-corrected chi connectivity index (χ0v) is 12.5. The standard InChI is InChI=1S/C14H13BrN4O/c1-20-11-4-2-9(3-5-11)8-19-13-12(18-14(19)16)6-10(15)7-17-13/h2-7H,8H2,1H3,(H2,16,18). The lowest BCUT2D eigenvalue weighted by Gasteiger charge is -2.07. The molecule has 0 atom stereocenters. The minimum absolute atomic E-state index is 0.460. The molecule has 0 aliphatic heterocycles. The van der Waals surface area contributed by atoms with Crippen molar-refractivity contribution in [1.29, 1.82) is 0 Å². The number of hydrogen-bond donors (Lipinski definition) is 1. The van der Waals surface area contributed by atoms with Gasteiger partial charge >= 0.3 is 0 Å². The molecule has 2 heterocycles. The molecule has 0 fully saturated rings. The lowest BCUT2D eigenvalue weighted by atomic mass is 10.2. The van der Waals surface area contributed by atoms with Crippen molar-refractivity contribution in [1.82, 2.24) is 14.5 Å². The third kappa shape index (κ3) is 2.34. The number of halogens is 1. The molecule has 0 bridgehead atoms. The van der Waals surface area contributed by atoms with Crippen molar-refractivity contribution in [2.45, 2.75) is 6.54 Å². The number of anilines is 1. The molecule has 3 rings (SSSR count). The van der Waals surface area contributed by atoms with Crippen molar-refractivity contribution in [3.63, 3.8) is 0 Å². The van der Waals surface area contributed by atoms with E-state index in [1.54, 1.807) is 13.3 Å². The van der Waals surface area contributed by atoms with Crippen molar-refractivity contribution in [3.05, 3.63) is 46.6 Å². The van der Waals surface area contributed by atoms with Gasteiger partial charge in [0.15, 0.2) is 5.65 Å². The Morgan fingerprint density at radius 3 is 2.75 bits per heavy atom. The van der Waals surface area contributed by atoms with Crippen LogP contribution in [0.25, 0.3) is 11.2 Å². The summed E-state index contributed by atoms with van der Waals surface area (Å²) in [5, 5.41) is 0. The molecule has 5 nitrogen and oxygen atoms in total. The SMILES string of the molecule is COc1ccc(Cn2c(N)nc3cc(Br)cnc32)cc1. The third-order valence-corrected chi connectivity index (χ3v) is 3.51. The van der Waals surface area contributed by atoms with Crippen LogP contribution in [0.4, 0.5) is 5.95 Å². The molecule has 0 saturated heterocycles. The van der Waals surface area contributed by atoms with E-state index in [0.717, 1.165) is 26.9 Å². The molecule has 0 aliphatic carbocycles. The first-order chi connectivity index (χ1) is 9.67. The molecule has 0 radical (unpaired) electrons. The van der Waals surface area contributed by atoms with E-state index in [1.807, 2.05) is 34.9 Å². The summed E-state index contributed by atoms with van der Waals surface area (Å²) in [5.74, 6) is 1.29. The fourth-order valence-corrected chi connectivity index (χ4v) is 2.39. The van der Waals surface area contributed by atoms with E-state index in [1.165, 1.54) is 0 Å². The number of methoxy groups -OCH3 is 1. The Morgan fingerprint density at radius 2 is 2.05 bits per heavy atom. The summed E-state index contributed by atoms with van der Waals surface area (Å²) in [6.07, 6.45) is 1.74. The Hall–Kier alpha value is -2.08. The average molecular weight is 333 g/mol. The summed E-state index contributed by atoms with van der Waals surface area (Å²) < 4.78 is 7.93. The quantitative estimate of drug-likeness (QED) is 0.800.